The molecule has 10 heteroatoms. The van der Waals surface area contributed by atoms with E-state index < -0.39 is 0 Å². The van der Waals surface area contributed by atoms with Gasteiger partial charge in [-0.15, -0.1) is 0 Å². The number of nitrogen functional groups attached to an aromatic ring is 1. The Morgan fingerprint density at radius 3 is 2.54 bits per heavy atom. The SMILES string of the molecule is CC(C(=O)Nc1ccc2c(c1)nc(CCc1ccc(C(=N)N)cc1)n2C)N1CCC(Nc2ccc(F)cc2Cl)CC1. The van der Waals surface area contributed by atoms with Gasteiger partial charge in [0, 0.05) is 43.9 Å². The molecule has 1 unspecified atom stereocenters. The fourth-order valence-electron chi connectivity index (χ4n) is 5.33. The summed E-state index contributed by atoms with van der Waals surface area (Å²) in [5, 5.41) is 14.4. The van der Waals surface area contributed by atoms with Gasteiger partial charge in [-0.1, -0.05) is 35.9 Å². The van der Waals surface area contributed by atoms with E-state index in [0.29, 0.717) is 10.6 Å². The van der Waals surface area contributed by atoms with E-state index >= 15 is 0 Å². The van der Waals surface area contributed by atoms with Crippen molar-refractivity contribution in [2.45, 2.75) is 44.7 Å². The lowest BCUT2D eigenvalue weighted by atomic mass is 10.0. The number of aryl methyl sites for hydroxylation is 3. The van der Waals surface area contributed by atoms with Crippen molar-refractivity contribution in [1.82, 2.24) is 14.5 Å². The number of carbonyl (C=O) groups excluding carboxylic acids is 1. The number of halogens is 2. The highest BCUT2D eigenvalue weighted by Crippen LogP contribution is 2.26. The number of amidine groups is 1. The second kappa shape index (κ2) is 12.3. The molecule has 1 aromatic heterocycles. The maximum atomic E-state index is 13.3. The number of rotatable bonds is 9. The molecule has 1 amide bonds. The van der Waals surface area contributed by atoms with Crippen LogP contribution in [0.3, 0.4) is 0 Å². The molecule has 8 nitrogen and oxygen atoms in total. The largest absolute Gasteiger partial charge is 0.384 e. The molecule has 0 spiro atoms. The van der Waals surface area contributed by atoms with Crippen LogP contribution in [0.1, 0.15) is 36.7 Å². The standard InChI is InChI=1S/C31H35ClFN7O/c1-19(40-15-13-23(14-16-40)36-26-10-8-22(33)17-25(26)32)31(41)37-24-9-11-28-27(18-24)38-29(39(28)2)12-5-20-3-6-21(7-4-20)30(34)35/h3-4,6-11,17-19,23,36H,5,12-16H2,1-2H3,(H3,34,35)(H,37,41). The molecular formula is C31H35ClFN7O. The quantitative estimate of drug-likeness (QED) is 0.159. The van der Waals surface area contributed by atoms with Crippen molar-refractivity contribution in [3.63, 3.8) is 0 Å². The summed E-state index contributed by atoms with van der Waals surface area (Å²) in [6.45, 7) is 3.47. The lowest BCUT2D eigenvalue weighted by Gasteiger charge is -2.36. The minimum Gasteiger partial charge on any atom is -0.384 e. The number of aromatic nitrogens is 2. The first kappa shape index (κ1) is 28.6. The molecule has 0 radical (unpaired) electrons. The number of piperidine rings is 1. The number of likely N-dealkylation sites (tertiary alicyclic amines) is 1. The molecule has 3 aromatic carbocycles. The van der Waals surface area contributed by atoms with Gasteiger partial charge in [0.2, 0.25) is 5.91 Å². The highest BCUT2D eigenvalue weighted by molar-refractivity contribution is 6.33. The second-order valence-corrected chi connectivity index (χ2v) is 11.1. The van der Waals surface area contributed by atoms with Gasteiger partial charge in [0.1, 0.15) is 17.5 Å². The molecule has 1 saturated heterocycles. The molecule has 0 saturated carbocycles. The lowest BCUT2D eigenvalue weighted by Crippen LogP contribution is -2.48. The number of imidazole rings is 1. The van der Waals surface area contributed by atoms with E-state index in [9.17, 15) is 9.18 Å². The van der Waals surface area contributed by atoms with Gasteiger partial charge in [-0.25, -0.2) is 9.37 Å². The van der Waals surface area contributed by atoms with E-state index in [1.807, 2.05) is 56.4 Å². The summed E-state index contributed by atoms with van der Waals surface area (Å²) in [4.78, 5) is 20.1. The summed E-state index contributed by atoms with van der Waals surface area (Å²) in [7, 11) is 2.01. The van der Waals surface area contributed by atoms with Gasteiger partial charge in [0.25, 0.3) is 0 Å². The minimum atomic E-state index is -0.355. The molecule has 5 rings (SSSR count). The maximum Gasteiger partial charge on any atom is 0.241 e. The van der Waals surface area contributed by atoms with E-state index in [2.05, 4.69) is 20.1 Å². The van der Waals surface area contributed by atoms with Crippen LogP contribution in [-0.2, 0) is 24.7 Å². The summed E-state index contributed by atoms with van der Waals surface area (Å²) in [5.41, 5.74) is 10.7. The normalized spacial score (nSPS) is 15.1. The van der Waals surface area contributed by atoms with Gasteiger partial charge >= 0.3 is 0 Å². The number of hydrogen-bond acceptors (Lipinski definition) is 5. The number of amides is 1. The van der Waals surface area contributed by atoms with Crippen LogP contribution in [0.2, 0.25) is 5.02 Å². The highest BCUT2D eigenvalue weighted by Gasteiger charge is 2.27. The smallest absolute Gasteiger partial charge is 0.241 e. The Kier molecular flexibility index (Phi) is 8.56. The van der Waals surface area contributed by atoms with Gasteiger partial charge in [-0.2, -0.15) is 0 Å². The molecule has 1 fully saturated rings. The molecule has 1 aliphatic heterocycles. The van der Waals surface area contributed by atoms with E-state index in [4.69, 9.17) is 27.7 Å². The van der Waals surface area contributed by atoms with Crippen LogP contribution in [-0.4, -0.2) is 51.4 Å². The summed E-state index contributed by atoms with van der Waals surface area (Å²) >= 11 is 6.17. The van der Waals surface area contributed by atoms with Crippen molar-refractivity contribution in [3.8, 4) is 0 Å². The third kappa shape index (κ3) is 6.69. The Balaban J connectivity index is 1.15. The topological polar surface area (TPSA) is 112 Å². The number of benzene rings is 3. The second-order valence-electron chi connectivity index (χ2n) is 10.6. The number of anilines is 2. The minimum absolute atomic E-state index is 0.0532. The number of carbonyl (C=O) groups is 1. The van der Waals surface area contributed by atoms with Crippen molar-refractivity contribution in [1.29, 1.82) is 5.41 Å². The van der Waals surface area contributed by atoms with E-state index in [1.54, 1.807) is 6.07 Å². The predicted molar refractivity (Wildman–Crippen MR) is 163 cm³/mol. The van der Waals surface area contributed by atoms with Crippen molar-refractivity contribution < 1.29 is 9.18 Å². The summed E-state index contributed by atoms with van der Waals surface area (Å²) in [6.07, 6.45) is 3.30. The first-order valence-corrected chi connectivity index (χ1v) is 14.2. The first-order valence-electron chi connectivity index (χ1n) is 13.8. The first-order chi connectivity index (χ1) is 19.7. The molecule has 214 valence electrons. The third-order valence-corrected chi connectivity index (χ3v) is 8.20. The van der Waals surface area contributed by atoms with Crippen LogP contribution in [0.5, 0.6) is 0 Å². The zero-order valence-electron chi connectivity index (χ0n) is 23.3. The number of hydrogen-bond donors (Lipinski definition) is 4. The van der Waals surface area contributed by atoms with Gasteiger partial charge in [-0.3, -0.25) is 15.1 Å². The van der Waals surface area contributed by atoms with Gasteiger partial charge in [0.15, 0.2) is 0 Å². The van der Waals surface area contributed by atoms with E-state index in [-0.39, 0.29) is 29.6 Å². The van der Waals surface area contributed by atoms with Crippen molar-refractivity contribution in [2.24, 2.45) is 12.8 Å². The molecule has 5 N–H and O–H groups in total. The van der Waals surface area contributed by atoms with Crippen LogP contribution in [0.15, 0.2) is 60.7 Å². The summed E-state index contributed by atoms with van der Waals surface area (Å²) in [6, 6.07) is 17.9. The molecule has 0 bridgehead atoms. The molecule has 41 heavy (non-hydrogen) atoms. The Morgan fingerprint density at radius 1 is 1.12 bits per heavy atom. The number of fused-ring (bicyclic) bond motifs is 1. The Labute approximate surface area is 244 Å². The fourth-order valence-corrected chi connectivity index (χ4v) is 5.55. The number of nitrogens with zero attached hydrogens (tertiary/aromatic N) is 3. The average molecular weight is 576 g/mol. The molecule has 1 atom stereocenters. The van der Waals surface area contributed by atoms with E-state index in [0.717, 1.165) is 72.6 Å². The van der Waals surface area contributed by atoms with E-state index in [1.165, 1.54) is 12.1 Å². The predicted octanol–water partition coefficient (Wildman–Crippen LogP) is 5.34. The number of nitrogens with two attached hydrogens (primary N) is 1. The highest BCUT2D eigenvalue weighted by atomic mass is 35.5. The molecule has 4 aromatic rings. The Bertz CT molecular complexity index is 1560. The van der Waals surface area contributed by atoms with Gasteiger partial charge in [0.05, 0.1) is 27.8 Å². The van der Waals surface area contributed by atoms with Crippen molar-refractivity contribution in [2.75, 3.05) is 23.7 Å². The maximum absolute atomic E-state index is 13.3. The molecular weight excluding hydrogens is 541 g/mol. The Hall–Kier alpha value is -3.95. The van der Waals surface area contributed by atoms with Gasteiger partial charge < -0.3 is 20.9 Å². The average Bonchev–Trinajstić information content (AvgIpc) is 3.28. The zero-order chi connectivity index (χ0) is 29.1. The zero-order valence-corrected chi connectivity index (χ0v) is 24.0. The van der Waals surface area contributed by atoms with Crippen LogP contribution in [0.4, 0.5) is 15.8 Å². The lowest BCUT2D eigenvalue weighted by molar-refractivity contribution is -0.121. The summed E-state index contributed by atoms with van der Waals surface area (Å²) in [5.74, 6) is 0.621. The summed E-state index contributed by atoms with van der Waals surface area (Å²) < 4.78 is 15.4. The van der Waals surface area contributed by atoms with Crippen molar-refractivity contribution in [3.05, 3.63) is 88.5 Å². The van der Waals surface area contributed by atoms with Crippen molar-refractivity contribution >= 4 is 45.8 Å². The van der Waals surface area contributed by atoms with Crippen LogP contribution >= 0.6 is 11.6 Å². The number of nitrogens with one attached hydrogen (secondary N) is 3. The molecule has 1 aliphatic rings. The van der Waals surface area contributed by atoms with Crippen LogP contribution < -0.4 is 16.4 Å². The Morgan fingerprint density at radius 2 is 1.85 bits per heavy atom. The monoisotopic (exact) mass is 575 g/mol. The molecule has 2 heterocycles. The fraction of sp³-hybridized carbons (Fsp3) is 0.323. The molecule has 0 aliphatic carbocycles. The van der Waals surface area contributed by atoms with Crippen LogP contribution in [0.25, 0.3) is 11.0 Å². The van der Waals surface area contributed by atoms with Gasteiger partial charge in [-0.05, 0) is 68.1 Å². The van der Waals surface area contributed by atoms with Crippen LogP contribution in [0, 0.1) is 11.2 Å². The third-order valence-electron chi connectivity index (χ3n) is 7.89.